The Balaban J connectivity index is 1.25. The average molecular weight is 666 g/mol. The second kappa shape index (κ2) is 25.7. The van der Waals surface area contributed by atoms with Crippen molar-refractivity contribution in [1.29, 1.82) is 0 Å². The number of hydrogen-bond acceptors (Lipinski definition) is 3. The number of fused-ring (bicyclic) bond motifs is 1. The predicted octanol–water partition coefficient (Wildman–Crippen LogP) is 13.6. The molecule has 0 radical (unpaired) electrons. The molecule has 0 N–H and O–H groups in total. The maximum Gasteiger partial charge on any atom is 0.169 e. The minimum Gasteiger partial charge on any atom is -0.344 e. The van der Waals surface area contributed by atoms with E-state index in [9.17, 15) is 0 Å². The van der Waals surface area contributed by atoms with Crippen molar-refractivity contribution < 1.29 is 9.47 Å². The second-order valence-electron chi connectivity index (χ2n) is 15.8. The summed E-state index contributed by atoms with van der Waals surface area (Å²) in [4.78, 5) is 2.40. The maximum atomic E-state index is 6.92. The Hall–Kier alpha value is -1.16. The highest BCUT2D eigenvalue weighted by Gasteiger charge is 2.49. The minimum absolute atomic E-state index is 0.294. The van der Waals surface area contributed by atoms with E-state index in [4.69, 9.17) is 9.47 Å². The van der Waals surface area contributed by atoms with Crippen LogP contribution in [0.2, 0.25) is 0 Å². The Morgan fingerprint density at radius 2 is 1.17 bits per heavy atom. The van der Waals surface area contributed by atoms with Gasteiger partial charge in [-0.1, -0.05) is 139 Å². The van der Waals surface area contributed by atoms with E-state index >= 15 is 0 Å². The van der Waals surface area contributed by atoms with Crippen molar-refractivity contribution in [3.8, 4) is 0 Å². The van der Waals surface area contributed by atoms with Crippen molar-refractivity contribution in [2.75, 3.05) is 14.1 Å². The van der Waals surface area contributed by atoms with Crippen LogP contribution in [0.3, 0.4) is 0 Å². The van der Waals surface area contributed by atoms with Gasteiger partial charge in [0, 0.05) is 24.8 Å². The molecule has 1 saturated carbocycles. The highest BCUT2D eigenvalue weighted by atomic mass is 16.8. The molecular formula is C45H79NO2. The van der Waals surface area contributed by atoms with Gasteiger partial charge in [-0.2, -0.15) is 0 Å². The van der Waals surface area contributed by atoms with E-state index in [1.165, 1.54) is 148 Å². The van der Waals surface area contributed by atoms with Gasteiger partial charge in [-0.05, 0) is 104 Å². The SMILES string of the molecule is CCCCC/C=C\C/C=C\CCCCCCCCC1(CCCCCCCC/C=C\C2C=C2CCCCC)O[C@H]2C[C@@H](N(C)C)CC[C@H]2O1. The molecular weight excluding hydrogens is 587 g/mol. The smallest absolute Gasteiger partial charge is 0.169 e. The first kappa shape index (κ1) is 41.3. The molecule has 3 heteroatoms. The van der Waals surface area contributed by atoms with Crippen LogP contribution >= 0.6 is 0 Å². The Bertz CT molecular complexity index is 918. The Labute approximate surface area is 299 Å². The molecule has 3 rings (SSSR count). The summed E-state index contributed by atoms with van der Waals surface area (Å²) < 4.78 is 13.8. The van der Waals surface area contributed by atoms with Crippen LogP contribution in [-0.4, -0.2) is 43.0 Å². The van der Waals surface area contributed by atoms with Crippen LogP contribution in [0.4, 0.5) is 0 Å². The first-order valence-electron chi connectivity index (χ1n) is 21.3. The van der Waals surface area contributed by atoms with Crippen molar-refractivity contribution in [2.45, 2.75) is 218 Å². The van der Waals surface area contributed by atoms with Gasteiger partial charge in [-0.25, -0.2) is 0 Å². The lowest BCUT2D eigenvalue weighted by atomic mass is 9.90. The molecule has 276 valence electrons. The fraction of sp³-hybridized carbons (Fsp3) is 0.822. The van der Waals surface area contributed by atoms with Crippen molar-refractivity contribution in [2.24, 2.45) is 5.92 Å². The van der Waals surface area contributed by atoms with Gasteiger partial charge in [0.25, 0.3) is 0 Å². The number of nitrogens with zero attached hydrogens (tertiary/aromatic N) is 1. The Kier molecular flexibility index (Phi) is 22.1. The predicted molar refractivity (Wildman–Crippen MR) is 210 cm³/mol. The molecule has 0 amide bonds. The van der Waals surface area contributed by atoms with Gasteiger partial charge in [0.05, 0.1) is 12.2 Å². The summed E-state index contributed by atoms with van der Waals surface area (Å²) in [7, 11) is 4.45. The quantitative estimate of drug-likeness (QED) is 0.0563. The highest BCUT2D eigenvalue weighted by molar-refractivity contribution is 5.34. The molecule has 0 aromatic carbocycles. The number of hydrogen-bond donors (Lipinski definition) is 0. The van der Waals surface area contributed by atoms with Crippen LogP contribution in [0, 0.1) is 5.92 Å². The fourth-order valence-corrected chi connectivity index (χ4v) is 7.93. The monoisotopic (exact) mass is 666 g/mol. The second-order valence-corrected chi connectivity index (χ2v) is 15.8. The maximum absolute atomic E-state index is 6.92. The minimum atomic E-state index is -0.317. The van der Waals surface area contributed by atoms with E-state index in [0.29, 0.717) is 24.2 Å². The van der Waals surface area contributed by atoms with E-state index in [-0.39, 0.29) is 5.79 Å². The molecule has 48 heavy (non-hydrogen) atoms. The van der Waals surface area contributed by atoms with Crippen molar-refractivity contribution in [3.05, 3.63) is 48.1 Å². The summed E-state index contributed by atoms with van der Waals surface area (Å²) in [6.07, 6.45) is 53.3. The van der Waals surface area contributed by atoms with E-state index in [0.717, 1.165) is 32.1 Å². The zero-order valence-corrected chi connectivity index (χ0v) is 32.4. The summed E-state index contributed by atoms with van der Waals surface area (Å²) in [6, 6.07) is 0.635. The average Bonchev–Trinajstić information content (AvgIpc) is 3.73. The van der Waals surface area contributed by atoms with Gasteiger partial charge < -0.3 is 14.4 Å². The first-order chi connectivity index (χ1) is 23.6. The molecule has 0 spiro atoms. The van der Waals surface area contributed by atoms with Crippen LogP contribution in [0.1, 0.15) is 194 Å². The molecule has 2 aliphatic carbocycles. The van der Waals surface area contributed by atoms with Crippen LogP contribution in [0.5, 0.6) is 0 Å². The van der Waals surface area contributed by atoms with Crippen LogP contribution in [0.25, 0.3) is 0 Å². The summed E-state index contributed by atoms with van der Waals surface area (Å²) in [5.74, 6) is 0.393. The van der Waals surface area contributed by atoms with E-state index in [1.807, 2.05) is 0 Å². The van der Waals surface area contributed by atoms with Gasteiger partial charge >= 0.3 is 0 Å². The number of allylic oxidation sites excluding steroid dienone is 8. The van der Waals surface area contributed by atoms with Crippen molar-refractivity contribution in [3.63, 3.8) is 0 Å². The van der Waals surface area contributed by atoms with Crippen molar-refractivity contribution >= 4 is 0 Å². The molecule has 0 aromatic rings. The van der Waals surface area contributed by atoms with Crippen LogP contribution < -0.4 is 0 Å². The van der Waals surface area contributed by atoms with Gasteiger partial charge in [0.2, 0.25) is 0 Å². The molecule has 0 aromatic heterocycles. The highest BCUT2D eigenvalue weighted by Crippen LogP contribution is 2.43. The molecule has 2 fully saturated rings. The van der Waals surface area contributed by atoms with Gasteiger partial charge in [0.15, 0.2) is 5.79 Å². The van der Waals surface area contributed by atoms with E-state index in [1.54, 1.807) is 5.57 Å². The lowest BCUT2D eigenvalue weighted by Gasteiger charge is -2.33. The molecule has 0 bridgehead atoms. The fourth-order valence-electron chi connectivity index (χ4n) is 7.93. The first-order valence-corrected chi connectivity index (χ1v) is 21.3. The summed E-state index contributed by atoms with van der Waals surface area (Å²) in [5, 5.41) is 0. The number of ether oxygens (including phenoxy) is 2. The summed E-state index contributed by atoms with van der Waals surface area (Å²) in [5.41, 5.74) is 1.69. The lowest BCUT2D eigenvalue weighted by Crippen LogP contribution is -2.40. The Morgan fingerprint density at radius 1 is 0.625 bits per heavy atom. The third kappa shape index (κ3) is 17.7. The largest absolute Gasteiger partial charge is 0.344 e. The summed E-state index contributed by atoms with van der Waals surface area (Å²) >= 11 is 0. The molecule has 5 atom stereocenters. The lowest BCUT2D eigenvalue weighted by molar-refractivity contribution is -0.186. The molecule has 3 nitrogen and oxygen atoms in total. The van der Waals surface area contributed by atoms with Crippen LogP contribution in [-0.2, 0) is 9.47 Å². The standard InChI is InChI=1S/C45H79NO2/c1-5-7-9-10-11-12-13-14-15-16-17-18-20-23-26-30-36-45(47-43-35-34-42(46(3)4)39-44(43)48-45)37-31-27-24-21-19-22-25-29-33-41-38-40(41)32-28-8-6-2/h11-12,14-15,29,33,38,41-44H,5-10,13,16-28,30-32,34-37,39H2,1-4H3/b12-11-,15-14-,33-29-/t41?,42-,43+,44-,45?/m0/s1. The van der Waals surface area contributed by atoms with Gasteiger partial charge in [-0.3, -0.25) is 0 Å². The molecule has 1 aliphatic heterocycles. The molecule has 1 heterocycles. The zero-order valence-electron chi connectivity index (χ0n) is 32.4. The number of unbranched alkanes of at least 4 members (excludes halogenated alkanes) is 17. The molecule has 2 unspecified atom stereocenters. The zero-order chi connectivity index (χ0) is 34.1. The van der Waals surface area contributed by atoms with Crippen molar-refractivity contribution in [1.82, 2.24) is 4.90 Å². The molecule has 3 aliphatic rings. The topological polar surface area (TPSA) is 21.7 Å². The van der Waals surface area contributed by atoms with Crippen LogP contribution in [0.15, 0.2) is 48.1 Å². The van der Waals surface area contributed by atoms with E-state index in [2.05, 4.69) is 75.4 Å². The molecule has 1 saturated heterocycles. The Morgan fingerprint density at radius 3 is 1.79 bits per heavy atom. The summed E-state index contributed by atoms with van der Waals surface area (Å²) in [6.45, 7) is 4.56. The van der Waals surface area contributed by atoms with E-state index < -0.39 is 0 Å². The van der Waals surface area contributed by atoms with Gasteiger partial charge in [0.1, 0.15) is 0 Å². The van der Waals surface area contributed by atoms with Gasteiger partial charge in [-0.15, -0.1) is 0 Å². The third-order valence-electron chi connectivity index (χ3n) is 11.2. The number of rotatable bonds is 30. The normalized spacial score (nSPS) is 25.6. The third-order valence-corrected chi connectivity index (χ3v) is 11.2.